The molecule has 2 aromatic carbocycles. The number of alkyl carbamates (subject to hydrolysis) is 1. The lowest BCUT2D eigenvalue weighted by Gasteiger charge is -2.40. The largest absolute Gasteiger partial charge is 0.497 e. The first-order valence-corrected chi connectivity index (χ1v) is 15.0. The number of nitrogens with one attached hydrogen (secondary N) is 2. The molecule has 0 saturated carbocycles. The summed E-state index contributed by atoms with van der Waals surface area (Å²) >= 11 is 0. The van der Waals surface area contributed by atoms with Gasteiger partial charge in [0.25, 0.3) is 5.91 Å². The third-order valence-corrected chi connectivity index (χ3v) is 7.28. The van der Waals surface area contributed by atoms with E-state index < -0.39 is 23.8 Å². The van der Waals surface area contributed by atoms with Crippen molar-refractivity contribution >= 4 is 23.6 Å². The van der Waals surface area contributed by atoms with E-state index in [2.05, 4.69) is 24.5 Å². The van der Waals surface area contributed by atoms with Crippen molar-refractivity contribution in [1.29, 1.82) is 0 Å². The van der Waals surface area contributed by atoms with E-state index in [9.17, 15) is 14.4 Å². The zero-order chi connectivity index (χ0) is 31.6. The Morgan fingerprint density at radius 2 is 1.60 bits per heavy atom. The summed E-state index contributed by atoms with van der Waals surface area (Å²) in [4.78, 5) is 43.4. The van der Waals surface area contributed by atoms with Gasteiger partial charge in [-0.05, 0) is 89.1 Å². The molecule has 2 aromatic rings. The molecule has 0 fully saturated rings. The second kappa shape index (κ2) is 15.6. The summed E-state index contributed by atoms with van der Waals surface area (Å²) in [7, 11) is 1.59. The summed E-state index contributed by atoms with van der Waals surface area (Å²) in [6, 6.07) is 12.6. The Balaban J connectivity index is 2.63. The minimum atomic E-state index is -0.936. The van der Waals surface area contributed by atoms with Gasteiger partial charge in [-0.3, -0.25) is 9.59 Å². The zero-order valence-corrected chi connectivity index (χ0v) is 27.1. The second-order valence-corrected chi connectivity index (χ2v) is 12.6. The van der Waals surface area contributed by atoms with Crippen molar-refractivity contribution < 1.29 is 23.9 Å². The van der Waals surface area contributed by atoms with Crippen molar-refractivity contribution in [3.05, 3.63) is 59.7 Å². The number of methoxy groups -OCH3 is 1. The predicted octanol–water partition coefficient (Wildman–Crippen LogP) is 7.28. The van der Waals surface area contributed by atoms with Crippen LogP contribution >= 0.6 is 0 Å². The fourth-order valence-corrected chi connectivity index (χ4v) is 4.75. The van der Waals surface area contributed by atoms with E-state index in [0.29, 0.717) is 35.8 Å². The maximum Gasteiger partial charge on any atom is 0.408 e. The highest BCUT2D eigenvalue weighted by molar-refractivity contribution is 5.99. The fourth-order valence-electron chi connectivity index (χ4n) is 4.75. The van der Waals surface area contributed by atoms with Gasteiger partial charge in [0.1, 0.15) is 23.4 Å². The molecule has 0 bridgehead atoms. The molecule has 2 N–H and O–H groups in total. The molecule has 8 heteroatoms. The number of benzene rings is 2. The lowest BCUT2D eigenvalue weighted by Crippen LogP contribution is -2.57. The fraction of sp³-hybridized carbons (Fsp3) is 0.559. The zero-order valence-electron chi connectivity index (χ0n) is 27.1. The number of amides is 3. The number of anilines is 1. The van der Waals surface area contributed by atoms with E-state index in [1.54, 1.807) is 57.0 Å². The van der Waals surface area contributed by atoms with Gasteiger partial charge in [-0.15, -0.1) is 0 Å². The van der Waals surface area contributed by atoms with Gasteiger partial charge in [0.2, 0.25) is 5.91 Å². The molecule has 4 unspecified atom stereocenters. The topological polar surface area (TPSA) is 97.0 Å². The Morgan fingerprint density at radius 1 is 0.952 bits per heavy atom. The molecule has 0 aliphatic heterocycles. The smallest absolute Gasteiger partial charge is 0.408 e. The lowest BCUT2D eigenvalue weighted by atomic mass is 9.93. The van der Waals surface area contributed by atoms with Crippen molar-refractivity contribution in [1.82, 2.24) is 10.2 Å². The first-order chi connectivity index (χ1) is 19.7. The number of nitrogens with zero attached hydrogens (tertiary/aromatic N) is 1. The molecule has 232 valence electrons. The minimum absolute atomic E-state index is 0.201. The SMILES string of the molecule is CCC(C)C(NC(=O)OC(C)(C)C)C(=O)N(C(C)CCC(C)C)C(C(=O)Nc1ccc(OC)cc1)c1cccc(C)c1. The number of rotatable bonds is 13. The Labute approximate surface area is 252 Å². The van der Waals surface area contributed by atoms with Crippen LogP contribution in [0.15, 0.2) is 48.5 Å². The number of carbonyl (C=O) groups is 3. The monoisotopic (exact) mass is 581 g/mol. The Morgan fingerprint density at radius 3 is 2.12 bits per heavy atom. The summed E-state index contributed by atoms with van der Waals surface area (Å²) in [5.74, 6) is 0.235. The van der Waals surface area contributed by atoms with Crippen molar-refractivity contribution in [2.24, 2.45) is 11.8 Å². The number of ether oxygens (including phenoxy) is 2. The highest BCUT2D eigenvalue weighted by Crippen LogP contribution is 2.30. The number of hydrogen-bond acceptors (Lipinski definition) is 5. The number of hydrogen-bond donors (Lipinski definition) is 2. The van der Waals surface area contributed by atoms with Crippen molar-refractivity contribution in [3.63, 3.8) is 0 Å². The first kappa shape index (κ1) is 34.7. The van der Waals surface area contributed by atoms with Crippen LogP contribution in [0.25, 0.3) is 0 Å². The molecule has 0 spiro atoms. The van der Waals surface area contributed by atoms with Gasteiger partial charge in [-0.25, -0.2) is 4.79 Å². The van der Waals surface area contributed by atoms with Crippen LogP contribution in [0.5, 0.6) is 5.75 Å². The number of carbonyl (C=O) groups excluding carboxylic acids is 3. The molecule has 0 aliphatic carbocycles. The van der Waals surface area contributed by atoms with Crippen molar-refractivity contribution in [3.8, 4) is 5.75 Å². The van der Waals surface area contributed by atoms with Gasteiger partial charge in [0.15, 0.2) is 0 Å². The van der Waals surface area contributed by atoms with E-state index in [-0.39, 0.29) is 23.8 Å². The van der Waals surface area contributed by atoms with Gasteiger partial charge >= 0.3 is 6.09 Å². The van der Waals surface area contributed by atoms with Crippen LogP contribution in [-0.2, 0) is 14.3 Å². The van der Waals surface area contributed by atoms with Gasteiger partial charge in [-0.1, -0.05) is 63.9 Å². The average Bonchev–Trinajstić information content (AvgIpc) is 2.91. The molecule has 0 heterocycles. The maximum absolute atomic E-state index is 14.6. The molecular formula is C34H51N3O5. The van der Waals surface area contributed by atoms with E-state index >= 15 is 0 Å². The molecule has 8 nitrogen and oxygen atoms in total. The summed E-state index contributed by atoms with van der Waals surface area (Å²) in [5, 5.41) is 5.87. The van der Waals surface area contributed by atoms with Crippen molar-refractivity contribution in [2.45, 2.75) is 105 Å². The van der Waals surface area contributed by atoms with E-state index in [1.807, 2.05) is 52.0 Å². The molecule has 4 atom stereocenters. The van der Waals surface area contributed by atoms with Crippen LogP contribution in [0, 0.1) is 18.8 Å². The molecule has 0 radical (unpaired) electrons. The Bertz CT molecular complexity index is 1170. The summed E-state index contributed by atoms with van der Waals surface area (Å²) in [6.07, 6.45) is 1.55. The third-order valence-electron chi connectivity index (χ3n) is 7.28. The lowest BCUT2D eigenvalue weighted by molar-refractivity contribution is -0.144. The quantitative estimate of drug-likeness (QED) is 0.259. The molecule has 0 saturated heterocycles. The Kier molecular flexibility index (Phi) is 12.9. The van der Waals surface area contributed by atoms with Gasteiger partial charge < -0.3 is 25.0 Å². The van der Waals surface area contributed by atoms with Crippen LogP contribution < -0.4 is 15.4 Å². The van der Waals surface area contributed by atoms with Gasteiger partial charge in [-0.2, -0.15) is 0 Å². The maximum atomic E-state index is 14.6. The van der Waals surface area contributed by atoms with Crippen LogP contribution in [-0.4, -0.2) is 47.6 Å². The van der Waals surface area contributed by atoms with Crippen LogP contribution in [0.4, 0.5) is 10.5 Å². The van der Waals surface area contributed by atoms with E-state index in [0.717, 1.165) is 12.0 Å². The number of aryl methyl sites for hydroxylation is 1. The second-order valence-electron chi connectivity index (χ2n) is 12.6. The van der Waals surface area contributed by atoms with E-state index in [1.165, 1.54) is 0 Å². The van der Waals surface area contributed by atoms with Crippen molar-refractivity contribution in [2.75, 3.05) is 12.4 Å². The van der Waals surface area contributed by atoms with Gasteiger partial charge in [0, 0.05) is 11.7 Å². The normalized spacial score (nSPS) is 14.4. The highest BCUT2D eigenvalue weighted by Gasteiger charge is 2.40. The molecule has 0 aliphatic rings. The molecule has 3 amide bonds. The van der Waals surface area contributed by atoms with Gasteiger partial charge in [0.05, 0.1) is 7.11 Å². The van der Waals surface area contributed by atoms with Crippen LogP contribution in [0.2, 0.25) is 0 Å². The molecular weight excluding hydrogens is 530 g/mol. The Hall–Kier alpha value is -3.55. The third kappa shape index (κ3) is 10.4. The molecule has 42 heavy (non-hydrogen) atoms. The predicted molar refractivity (Wildman–Crippen MR) is 169 cm³/mol. The molecule has 0 aromatic heterocycles. The van der Waals surface area contributed by atoms with E-state index in [4.69, 9.17) is 9.47 Å². The minimum Gasteiger partial charge on any atom is -0.497 e. The summed E-state index contributed by atoms with van der Waals surface area (Å²) < 4.78 is 10.8. The molecule has 2 rings (SSSR count). The van der Waals surface area contributed by atoms with Crippen LogP contribution in [0.3, 0.4) is 0 Å². The van der Waals surface area contributed by atoms with Crippen LogP contribution in [0.1, 0.15) is 91.8 Å². The standard InChI is InChI=1S/C34H51N3O5/c1-11-24(5)29(36-33(40)42-34(7,8)9)32(39)37(25(6)16-15-22(2)3)30(26-14-12-13-23(4)21-26)31(38)35-27-17-19-28(41-10)20-18-27/h12-14,17-22,24-25,29-30H,11,15-16H2,1-10H3,(H,35,38)(H,36,40). The summed E-state index contributed by atoms with van der Waals surface area (Å²) in [6.45, 7) is 17.5. The highest BCUT2D eigenvalue weighted by atomic mass is 16.6. The average molecular weight is 582 g/mol. The summed E-state index contributed by atoms with van der Waals surface area (Å²) in [5.41, 5.74) is 1.54. The first-order valence-electron chi connectivity index (χ1n) is 15.0.